The summed E-state index contributed by atoms with van der Waals surface area (Å²) in [6.45, 7) is 7.88. The summed E-state index contributed by atoms with van der Waals surface area (Å²) in [5.41, 5.74) is 1.84. The molecule has 1 saturated heterocycles. The summed E-state index contributed by atoms with van der Waals surface area (Å²) in [5, 5.41) is 17.4. The van der Waals surface area contributed by atoms with Crippen molar-refractivity contribution in [3.8, 4) is 0 Å². The van der Waals surface area contributed by atoms with Gasteiger partial charge in [0.05, 0.1) is 12.1 Å². The molecule has 2 aromatic rings. The standard InChI is InChI=1S/C29H39F2N3O3/c1-4-10-34(11-5-2)29(37)22-13-19(3)12-21(17-22)28(36)33-26(27(35)25-8-6-7-9-32-25)16-20-14-23(30)18-24(31)15-20/h12-15,17-18,25-27,32,35H,4-11,16H2,1-3H3,(H,33,36)/t25-,26+,27-/m1/s1. The minimum atomic E-state index is -0.967. The number of rotatable bonds is 11. The maximum absolute atomic E-state index is 13.9. The van der Waals surface area contributed by atoms with Gasteiger partial charge in [-0.1, -0.05) is 20.3 Å². The first-order chi connectivity index (χ1) is 17.7. The highest BCUT2D eigenvalue weighted by atomic mass is 19.1. The summed E-state index contributed by atoms with van der Waals surface area (Å²) in [7, 11) is 0. The average Bonchev–Trinajstić information content (AvgIpc) is 2.87. The van der Waals surface area contributed by atoms with Gasteiger partial charge in [0.25, 0.3) is 11.8 Å². The van der Waals surface area contributed by atoms with Crippen LogP contribution in [0.25, 0.3) is 0 Å². The number of nitrogens with one attached hydrogen (secondary N) is 2. The van der Waals surface area contributed by atoms with Crippen LogP contribution >= 0.6 is 0 Å². The second kappa shape index (κ2) is 13.6. The van der Waals surface area contributed by atoms with E-state index in [1.54, 1.807) is 23.1 Å². The van der Waals surface area contributed by atoms with Crippen molar-refractivity contribution >= 4 is 11.8 Å². The zero-order valence-electron chi connectivity index (χ0n) is 22.0. The van der Waals surface area contributed by atoms with Crippen LogP contribution in [0, 0.1) is 18.6 Å². The van der Waals surface area contributed by atoms with Gasteiger partial charge in [0.1, 0.15) is 11.6 Å². The van der Waals surface area contributed by atoms with Crippen molar-refractivity contribution < 1.29 is 23.5 Å². The quantitative estimate of drug-likeness (QED) is 0.415. The summed E-state index contributed by atoms with van der Waals surface area (Å²) in [5.74, 6) is -2.00. The summed E-state index contributed by atoms with van der Waals surface area (Å²) in [6, 6.07) is 7.22. The topological polar surface area (TPSA) is 81.7 Å². The van der Waals surface area contributed by atoms with Crippen molar-refractivity contribution in [2.24, 2.45) is 0 Å². The molecule has 2 amide bonds. The van der Waals surface area contributed by atoms with Gasteiger partial charge in [0, 0.05) is 36.3 Å². The predicted molar refractivity (Wildman–Crippen MR) is 141 cm³/mol. The number of carbonyl (C=O) groups excluding carboxylic acids is 2. The van der Waals surface area contributed by atoms with Crippen LogP contribution in [0.15, 0.2) is 36.4 Å². The molecule has 37 heavy (non-hydrogen) atoms. The van der Waals surface area contributed by atoms with Crippen LogP contribution in [-0.2, 0) is 6.42 Å². The van der Waals surface area contributed by atoms with Crippen molar-refractivity contribution in [2.45, 2.75) is 77.5 Å². The smallest absolute Gasteiger partial charge is 0.253 e. The molecule has 0 aromatic heterocycles. The molecule has 6 nitrogen and oxygen atoms in total. The molecule has 0 unspecified atom stereocenters. The second-order valence-corrected chi connectivity index (χ2v) is 9.99. The normalized spacial score (nSPS) is 17.2. The number of amides is 2. The number of piperidine rings is 1. The van der Waals surface area contributed by atoms with Crippen LogP contribution in [0.1, 0.15) is 77.8 Å². The number of aryl methyl sites for hydroxylation is 1. The van der Waals surface area contributed by atoms with E-state index in [1.807, 2.05) is 20.8 Å². The van der Waals surface area contributed by atoms with Gasteiger partial charge >= 0.3 is 0 Å². The molecule has 3 atom stereocenters. The molecule has 0 radical (unpaired) electrons. The Labute approximate surface area is 218 Å². The van der Waals surface area contributed by atoms with Crippen LogP contribution in [0.3, 0.4) is 0 Å². The third-order valence-corrected chi connectivity index (χ3v) is 6.73. The van der Waals surface area contributed by atoms with Crippen molar-refractivity contribution in [2.75, 3.05) is 19.6 Å². The molecule has 202 valence electrons. The molecule has 1 aliphatic heterocycles. The Bertz CT molecular complexity index is 1050. The SMILES string of the molecule is CCCN(CCC)C(=O)c1cc(C)cc(C(=O)N[C@@H](Cc2cc(F)cc(F)c2)[C@H](O)[C@H]2CCCCN2)c1. The van der Waals surface area contributed by atoms with Gasteiger partial charge in [-0.25, -0.2) is 8.78 Å². The largest absolute Gasteiger partial charge is 0.389 e. The molecule has 0 saturated carbocycles. The molecule has 2 aromatic carbocycles. The number of nitrogens with zero attached hydrogens (tertiary/aromatic N) is 1. The Morgan fingerprint density at radius 1 is 1.03 bits per heavy atom. The molecule has 0 spiro atoms. The monoisotopic (exact) mass is 515 g/mol. The fourth-order valence-electron chi connectivity index (χ4n) is 5.02. The van der Waals surface area contributed by atoms with Crippen LogP contribution in [0.2, 0.25) is 0 Å². The lowest BCUT2D eigenvalue weighted by atomic mass is 9.91. The lowest BCUT2D eigenvalue weighted by molar-refractivity contribution is 0.0646. The first-order valence-corrected chi connectivity index (χ1v) is 13.3. The Kier molecular flexibility index (Phi) is 10.6. The van der Waals surface area contributed by atoms with Gasteiger partial charge < -0.3 is 20.6 Å². The number of hydrogen-bond acceptors (Lipinski definition) is 4. The number of aliphatic hydroxyl groups excluding tert-OH is 1. The summed E-state index contributed by atoms with van der Waals surface area (Å²) in [4.78, 5) is 28.4. The lowest BCUT2D eigenvalue weighted by Crippen LogP contribution is -2.55. The summed E-state index contributed by atoms with van der Waals surface area (Å²) >= 11 is 0. The summed E-state index contributed by atoms with van der Waals surface area (Å²) < 4.78 is 27.7. The minimum absolute atomic E-state index is 0.0537. The zero-order chi connectivity index (χ0) is 26.9. The third kappa shape index (κ3) is 8.07. The first-order valence-electron chi connectivity index (χ1n) is 13.3. The molecule has 1 fully saturated rings. The Morgan fingerprint density at radius 2 is 1.68 bits per heavy atom. The van der Waals surface area contributed by atoms with Crippen LogP contribution in [0.5, 0.6) is 0 Å². The molecule has 3 N–H and O–H groups in total. The number of carbonyl (C=O) groups is 2. The van der Waals surface area contributed by atoms with Gasteiger partial charge in [0.15, 0.2) is 0 Å². The molecular formula is C29H39F2N3O3. The van der Waals surface area contributed by atoms with E-state index in [9.17, 15) is 23.5 Å². The van der Waals surface area contributed by atoms with Crippen LogP contribution < -0.4 is 10.6 Å². The maximum Gasteiger partial charge on any atom is 0.253 e. The molecule has 1 heterocycles. The maximum atomic E-state index is 13.9. The van der Waals surface area contributed by atoms with Crippen LogP contribution in [0.4, 0.5) is 8.78 Å². The third-order valence-electron chi connectivity index (χ3n) is 6.73. The number of aliphatic hydroxyl groups is 1. The highest BCUT2D eigenvalue weighted by molar-refractivity contribution is 6.00. The van der Waals surface area contributed by atoms with Gasteiger partial charge in [-0.05, 0) is 87.0 Å². The average molecular weight is 516 g/mol. The Morgan fingerprint density at radius 3 is 2.27 bits per heavy atom. The number of hydrogen-bond donors (Lipinski definition) is 3. The highest BCUT2D eigenvalue weighted by Crippen LogP contribution is 2.19. The van der Waals surface area contributed by atoms with E-state index in [2.05, 4.69) is 10.6 Å². The second-order valence-electron chi connectivity index (χ2n) is 9.99. The lowest BCUT2D eigenvalue weighted by Gasteiger charge is -2.34. The van der Waals surface area contributed by atoms with Crippen molar-refractivity contribution in [3.05, 3.63) is 70.3 Å². The zero-order valence-corrected chi connectivity index (χ0v) is 22.0. The molecule has 0 bridgehead atoms. The van der Waals surface area contributed by atoms with Gasteiger partial charge in [-0.3, -0.25) is 9.59 Å². The number of benzene rings is 2. The minimum Gasteiger partial charge on any atom is -0.389 e. The molecular weight excluding hydrogens is 476 g/mol. The number of halogens is 2. The van der Waals surface area contributed by atoms with Crippen LogP contribution in [-0.4, -0.2) is 59.6 Å². The van der Waals surface area contributed by atoms with E-state index in [4.69, 9.17) is 0 Å². The van der Waals surface area contributed by atoms with Crippen molar-refractivity contribution in [1.82, 2.24) is 15.5 Å². The van der Waals surface area contributed by atoms with E-state index >= 15 is 0 Å². The molecule has 0 aliphatic carbocycles. The van der Waals surface area contributed by atoms with E-state index < -0.39 is 29.7 Å². The Hall–Kier alpha value is -2.84. The molecule has 3 rings (SSSR count). The predicted octanol–water partition coefficient (Wildman–Crippen LogP) is 4.38. The van der Waals surface area contributed by atoms with Gasteiger partial charge in [0.2, 0.25) is 0 Å². The molecule has 1 aliphatic rings. The van der Waals surface area contributed by atoms with E-state index in [0.717, 1.165) is 50.3 Å². The fourth-order valence-corrected chi connectivity index (χ4v) is 5.02. The van der Waals surface area contributed by atoms with E-state index in [-0.39, 0.29) is 18.4 Å². The van der Waals surface area contributed by atoms with Crippen molar-refractivity contribution in [3.63, 3.8) is 0 Å². The van der Waals surface area contributed by atoms with Crippen molar-refractivity contribution in [1.29, 1.82) is 0 Å². The van der Waals surface area contributed by atoms with Gasteiger partial charge in [-0.15, -0.1) is 0 Å². The van der Waals surface area contributed by atoms with E-state index in [1.165, 1.54) is 12.1 Å². The first kappa shape index (κ1) is 28.7. The summed E-state index contributed by atoms with van der Waals surface area (Å²) in [6.07, 6.45) is 3.44. The fraction of sp³-hybridized carbons (Fsp3) is 0.517. The molecule has 8 heteroatoms. The highest BCUT2D eigenvalue weighted by Gasteiger charge is 2.31. The van der Waals surface area contributed by atoms with E-state index in [0.29, 0.717) is 29.8 Å². The Balaban J connectivity index is 1.86. The van der Waals surface area contributed by atoms with Gasteiger partial charge in [-0.2, -0.15) is 0 Å².